The Kier molecular flexibility index (Phi) is 4.03. The average Bonchev–Trinajstić information content (AvgIpc) is 2.48. The lowest BCUT2D eigenvalue weighted by Gasteiger charge is -2.08. The molecule has 1 heterocycles. The fraction of sp³-hybridized carbons (Fsp3) is 0.778. The smallest absolute Gasteiger partial charge is 0.243 e. The molecule has 1 aromatic heterocycles. The normalized spacial score (nSPS) is 14.3. The number of nitrogens with two attached hydrogens (primary N) is 1. The van der Waals surface area contributed by atoms with Crippen molar-refractivity contribution in [2.45, 2.75) is 32.1 Å². The molecule has 0 aliphatic heterocycles. The quantitative estimate of drug-likeness (QED) is 0.820. The first-order valence-electron chi connectivity index (χ1n) is 5.03. The summed E-state index contributed by atoms with van der Waals surface area (Å²) in [5.74, 6) is 0.662. The van der Waals surface area contributed by atoms with Gasteiger partial charge in [-0.3, -0.25) is 0 Å². The van der Waals surface area contributed by atoms with E-state index in [0.29, 0.717) is 11.8 Å². The maximum absolute atomic E-state index is 11.0. The molecule has 0 aliphatic carbocycles. The largest absolute Gasteiger partial charge is 0.338 e. The first-order chi connectivity index (χ1) is 7.28. The predicted molar refractivity (Wildman–Crippen MR) is 59.2 cm³/mol. The van der Waals surface area contributed by atoms with Crippen molar-refractivity contribution < 1.29 is 12.9 Å². The fourth-order valence-corrected chi connectivity index (χ4v) is 1.91. The van der Waals surface area contributed by atoms with Gasteiger partial charge in [-0.15, -0.1) is 0 Å². The molecule has 0 spiro atoms. The molecule has 0 saturated heterocycles. The van der Waals surface area contributed by atoms with Gasteiger partial charge in [-0.05, 0) is 12.3 Å². The highest BCUT2D eigenvalue weighted by molar-refractivity contribution is 7.89. The highest BCUT2D eigenvalue weighted by Gasteiger charge is 2.17. The molecule has 1 rings (SSSR count). The molecule has 2 N–H and O–H groups in total. The van der Waals surface area contributed by atoms with Crippen molar-refractivity contribution in [3.63, 3.8) is 0 Å². The van der Waals surface area contributed by atoms with Crippen LogP contribution in [0.3, 0.4) is 0 Å². The maximum atomic E-state index is 11.0. The van der Waals surface area contributed by atoms with E-state index < -0.39 is 9.84 Å². The summed E-state index contributed by atoms with van der Waals surface area (Å²) in [6.45, 7) is 4.07. The van der Waals surface area contributed by atoms with E-state index in [4.69, 9.17) is 10.3 Å². The third-order valence-electron chi connectivity index (χ3n) is 1.92. The molecule has 92 valence electrons. The summed E-state index contributed by atoms with van der Waals surface area (Å²) in [7, 11) is -3.14. The summed E-state index contributed by atoms with van der Waals surface area (Å²) < 4.78 is 26.9. The van der Waals surface area contributed by atoms with E-state index in [1.54, 1.807) is 0 Å². The molecule has 1 aromatic rings. The molecule has 0 bridgehead atoms. The lowest BCUT2D eigenvalue weighted by molar-refractivity contribution is 0.333. The van der Waals surface area contributed by atoms with E-state index in [-0.39, 0.29) is 17.6 Å². The zero-order valence-electron chi connectivity index (χ0n) is 9.67. The van der Waals surface area contributed by atoms with E-state index in [0.717, 1.165) is 12.7 Å². The second-order valence-corrected chi connectivity index (χ2v) is 6.50. The Morgan fingerprint density at radius 1 is 1.44 bits per heavy atom. The lowest BCUT2D eigenvalue weighted by atomic mass is 10.0. The molecule has 1 atom stereocenters. The highest BCUT2D eigenvalue weighted by Crippen LogP contribution is 2.17. The molecule has 7 heteroatoms. The molecule has 6 nitrogen and oxygen atoms in total. The summed E-state index contributed by atoms with van der Waals surface area (Å²) in [5, 5.41) is 3.58. The zero-order chi connectivity index (χ0) is 12.3. The van der Waals surface area contributed by atoms with E-state index in [9.17, 15) is 8.42 Å². The summed E-state index contributed by atoms with van der Waals surface area (Å²) in [6, 6.07) is -0.333. The molecule has 16 heavy (non-hydrogen) atoms. The lowest BCUT2D eigenvalue weighted by Crippen LogP contribution is -2.13. The Hall–Kier alpha value is -0.950. The number of rotatable bonds is 5. The van der Waals surface area contributed by atoms with Crippen LogP contribution >= 0.6 is 0 Å². The van der Waals surface area contributed by atoms with E-state index in [2.05, 4.69) is 10.1 Å². The number of hydrogen-bond acceptors (Lipinski definition) is 6. The summed E-state index contributed by atoms with van der Waals surface area (Å²) >= 11 is 0. The Balaban J connectivity index is 2.71. The minimum absolute atomic E-state index is 0.164. The van der Waals surface area contributed by atoms with Gasteiger partial charge in [0.15, 0.2) is 15.7 Å². The van der Waals surface area contributed by atoms with Crippen LogP contribution in [-0.2, 0) is 15.6 Å². The zero-order valence-corrected chi connectivity index (χ0v) is 10.5. The second-order valence-electron chi connectivity index (χ2n) is 4.35. The average molecular weight is 247 g/mol. The Bertz CT molecular complexity index is 439. The first kappa shape index (κ1) is 13.1. The summed E-state index contributed by atoms with van der Waals surface area (Å²) in [4.78, 5) is 3.97. The molecule has 0 saturated carbocycles. The number of hydrogen-bond donors (Lipinski definition) is 1. The molecule has 0 aliphatic rings. The van der Waals surface area contributed by atoms with Crippen LogP contribution in [0.25, 0.3) is 0 Å². The number of nitrogens with zero attached hydrogens (tertiary/aromatic N) is 2. The highest BCUT2D eigenvalue weighted by atomic mass is 32.2. The van der Waals surface area contributed by atoms with E-state index in [1.165, 1.54) is 0 Å². The predicted octanol–water partition coefficient (Wildman–Crippen LogP) is 0.660. The monoisotopic (exact) mass is 247 g/mol. The third kappa shape index (κ3) is 4.28. The van der Waals surface area contributed by atoms with Gasteiger partial charge in [0.05, 0.1) is 6.04 Å². The standard InChI is InChI=1S/C9H17N3O3S/c1-6(2)4-7(10)9-11-8(12-15-9)5-16(3,13)14/h6-7H,4-5,10H2,1-3H3. The minimum atomic E-state index is -3.14. The van der Waals surface area contributed by atoms with Crippen LogP contribution in [0.5, 0.6) is 0 Å². The van der Waals surface area contributed by atoms with Crippen LogP contribution in [0.1, 0.15) is 38.0 Å². The Labute approximate surface area is 95.1 Å². The molecular weight excluding hydrogens is 230 g/mol. The van der Waals surface area contributed by atoms with E-state index >= 15 is 0 Å². The minimum Gasteiger partial charge on any atom is -0.338 e. The molecule has 0 aromatic carbocycles. The first-order valence-corrected chi connectivity index (χ1v) is 7.10. The van der Waals surface area contributed by atoms with Crippen LogP contribution in [0.15, 0.2) is 4.52 Å². The van der Waals surface area contributed by atoms with Crippen molar-refractivity contribution in [3.8, 4) is 0 Å². The van der Waals surface area contributed by atoms with Gasteiger partial charge < -0.3 is 10.3 Å². The van der Waals surface area contributed by atoms with Gasteiger partial charge >= 0.3 is 0 Å². The molecular formula is C9H17N3O3S. The third-order valence-corrected chi connectivity index (χ3v) is 2.70. The van der Waals surface area contributed by atoms with Crippen molar-refractivity contribution in [3.05, 3.63) is 11.7 Å². The fourth-order valence-electron chi connectivity index (χ4n) is 1.32. The van der Waals surface area contributed by atoms with Crippen LogP contribution < -0.4 is 5.73 Å². The van der Waals surface area contributed by atoms with Crippen LogP contribution in [0.2, 0.25) is 0 Å². The van der Waals surface area contributed by atoms with Crippen LogP contribution in [0, 0.1) is 5.92 Å². The van der Waals surface area contributed by atoms with Gasteiger partial charge in [0.1, 0.15) is 5.75 Å². The topological polar surface area (TPSA) is 99.1 Å². The molecule has 0 fully saturated rings. The van der Waals surface area contributed by atoms with Gasteiger partial charge in [0.25, 0.3) is 0 Å². The molecule has 1 unspecified atom stereocenters. The Morgan fingerprint density at radius 3 is 2.56 bits per heavy atom. The SMILES string of the molecule is CC(C)CC(N)c1nc(CS(C)(=O)=O)no1. The van der Waals surface area contributed by atoms with Crippen molar-refractivity contribution in [1.82, 2.24) is 10.1 Å². The van der Waals surface area contributed by atoms with Gasteiger partial charge in [0.2, 0.25) is 5.89 Å². The van der Waals surface area contributed by atoms with Crippen molar-refractivity contribution in [1.29, 1.82) is 0 Å². The van der Waals surface area contributed by atoms with Crippen molar-refractivity contribution in [2.75, 3.05) is 6.26 Å². The summed E-state index contributed by atoms with van der Waals surface area (Å²) in [6.07, 6.45) is 1.84. The Morgan fingerprint density at radius 2 is 2.06 bits per heavy atom. The maximum Gasteiger partial charge on any atom is 0.243 e. The van der Waals surface area contributed by atoms with Crippen LogP contribution in [0.4, 0.5) is 0 Å². The second kappa shape index (κ2) is 4.92. The van der Waals surface area contributed by atoms with Crippen molar-refractivity contribution in [2.24, 2.45) is 11.7 Å². The van der Waals surface area contributed by atoms with Crippen LogP contribution in [-0.4, -0.2) is 24.8 Å². The molecule has 0 amide bonds. The van der Waals surface area contributed by atoms with E-state index in [1.807, 2.05) is 13.8 Å². The summed E-state index contributed by atoms with van der Waals surface area (Å²) in [5.41, 5.74) is 5.83. The van der Waals surface area contributed by atoms with Gasteiger partial charge in [-0.25, -0.2) is 8.42 Å². The van der Waals surface area contributed by atoms with Gasteiger partial charge in [0, 0.05) is 6.26 Å². The molecule has 0 radical (unpaired) electrons. The number of sulfone groups is 1. The van der Waals surface area contributed by atoms with Crippen molar-refractivity contribution >= 4 is 9.84 Å². The van der Waals surface area contributed by atoms with Gasteiger partial charge in [-0.1, -0.05) is 19.0 Å². The number of aromatic nitrogens is 2. The van der Waals surface area contributed by atoms with Gasteiger partial charge in [-0.2, -0.15) is 4.98 Å².